The van der Waals surface area contributed by atoms with Crippen LogP contribution in [-0.4, -0.2) is 27.0 Å². The van der Waals surface area contributed by atoms with Crippen molar-refractivity contribution in [2.45, 2.75) is 40.2 Å². The third kappa shape index (κ3) is 3.87. The number of carbonyl (C=O) groups excluding carboxylic acids is 1. The third-order valence-corrected chi connectivity index (χ3v) is 4.44. The molecule has 0 fully saturated rings. The van der Waals surface area contributed by atoms with Crippen LogP contribution >= 0.6 is 0 Å². The van der Waals surface area contributed by atoms with Crippen LogP contribution in [0.25, 0.3) is 10.9 Å². The predicted octanol–water partition coefficient (Wildman–Crippen LogP) is 3.43. The third-order valence-electron chi connectivity index (χ3n) is 4.44. The van der Waals surface area contributed by atoms with Gasteiger partial charge in [0.1, 0.15) is 5.82 Å². The van der Waals surface area contributed by atoms with Crippen LogP contribution in [0.3, 0.4) is 0 Å². The standard InChI is InChI=1S/C20H24N4O/c1-4-16-6-7-19-17(13-16)18(12-14(2)23-19)20(25)22-8-5-10-24-11-9-21-15(24)3/h6-7,9,11-13H,4-5,8,10H2,1-3H3,(H,22,25). The summed E-state index contributed by atoms with van der Waals surface area (Å²) in [6, 6.07) is 8.02. The number of benzene rings is 1. The second-order valence-electron chi connectivity index (χ2n) is 6.29. The molecule has 2 heterocycles. The minimum Gasteiger partial charge on any atom is -0.352 e. The molecule has 0 saturated carbocycles. The van der Waals surface area contributed by atoms with Crippen LogP contribution in [0, 0.1) is 13.8 Å². The highest BCUT2D eigenvalue weighted by Crippen LogP contribution is 2.20. The van der Waals surface area contributed by atoms with E-state index in [4.69, 9.17) is 0 Å². The number of amides is 1. The van der Waals surface area contributed by atoms with Crippen LogP contribution in [0.15, 0.2) is 36.7 Å². The molecule has 0 spiro atoms. The van der Waals surface area contributed by atoms with E-state index in [1.54, 1.807) is 6.20 Å². The minimum atomic E-state index is -0.0360. The summed E-state index contributed by atoms with van der Waals surface area (Å²) in [4.78, 5) is 21.4. The van der Waals surface area contributed by atoms with Crippen LogP contribution in [-0.2, 0) is 13.0 Å². The number of aryl methyl sites for hydroxylation is 4. The fraction of sp³-hybridized carbons (Fsp3) is 0.350. The zero-order valence-corrected chi connectivity index (χ0v) is 15.0. The molecule has 0 radical (unpaired) electrons. The number of fused-ring (bicyclic) bond motifs is 1. The van der Waals surface area contributed by atoms with Gasteiger partial charge in [0.2, 0.25) is 0 Å². The first-order valence-electron chi connectivity index (χ1n) is 8.74. The second kappa shape index (κ2) is 7.47. The van der Waals surface area contributed by atoms with Gasteiger partial charge in [0, 0.05) is 36.6 Å². The zero-order chi connectivity index (χ0) is 17.8. The molecule has 5 heteroatoms. The molecule has 130 valence electrons. The van der Waals surface area contributed by atoms with E-state index in [2.05, 4.69) is 38.9 Å². The predicted molar refractivity (Wildman–Crippen MR) is 99.8 cm³/mol. The lowest BCUT2D eigenvalue weighted by atomic mass is 10.0. The molecule has 0 saturated heterocycles. The zero-order valence-electron chi connectivity index (χ0n) is 15.0. The summed E-state index contributed by atoms with van der Waals surface area (Å²) in [7, 11) is 0. The molecule has 2 aromatic heterocycles. The number of carbonyl (C=O) groups is 1. The molecular formula is C20H24N4O. The van der Waals surface area contributed by atoms with Crippen molar-refractivity contribution in [3.05, 3.63) is 59.3 Å². The van der Waals surface area contributed by atoms with Gasteiger partial charge in [-0.15, -0.1) is 0 Å². The monoisotopic (exact) mass is 336 g/mol. The van der Waals surface area contributed by atoms with Gasteiger partial charge in [-0.25, -0.2) is 4.98 Å². The average Bonchev–Trinajstić information content (AvgIpc) is 3.02. The maximum atomic E-state index is 12.7. The summed E-state index contributed by atoms with van der Waals surface area (Å²) in [5.74, 6) is 0.959. The Labute approximate surface area is 148 Å². The summed E-state index contributed by atoms with van der Waals surface area (Å²) in [6.07, 6.45) is 5.56. The number of hydrogen-bond donors (Lipinski definition) is 1. The number of imidazole rings is 1. The Bertz CT molecular complexity index is 898. The average molecular weight is 336 g/mol. The molecule has 3 aromatic rings. The first-order valence-corrected chi connectivity index (χ1v) is 8.74. The fourth-order valence-corrected chi connectivity index (χ4v) is 3.00. The Morgan fingerprint density at radius 1 is 1.24 bits per heavy atom. The Morgan fingerprint density at radius 3 is 2.80 bits per heavy atom. The topological polar surface area (TPSA) is 59.8 Å². The Hall–Kier alpha value is -2.69. The number of hydrogen-bond acceptors (Lipinski definition) is 3. The van der Waals surface area contributed by atoms with Crippen molar-refractivity contribution < 1.29 is 4.79 Å². The summed E-state index contributed by atoms with van der Waals surface area (Å²) in [6.45, 7) is 7.50. The molecule has 0 bridgehead atoms. The summed E-state index contributed by atoms with van der Waals surface area (Å²) in [5.41, 5.74) is 3.65. The number of rotatable bonds is 6. The van der Waals surface area contributed by atoms with Crippen molar-refractivity contribution in [3.8, 4) is 0 Å². The normalized spacial score (nSPS) is 11.0. The van der Waals surface area contributed by atoms with Gasteiger partial charge in [-0.2, -0.15) is 0 Å². The van der Waals surface area contributed by atoms with E-state index in [1.165, 1.54) is 5.56 Å². The van der Waals surface area contributed by atoms with E-state index in [1.807, 2.05) is 32.2 Å². The molecule has 3 rings (SSSR count). The smallest absolute Gasteiger partial charge is 0.252 e. The summed E-state index contributed by atoms with van der Waals surface area (Å²) in [5, 5.41) is 3.96. The maximum Gasteiger partial charge on any atom is 0.252 e. The van der Waals surface area contributed by atoms with Gasteiger partial charge in [0.05, 0.1) is 11.1 Å². The maximum absolute atomic E-state index is 12.7. The SMILES string of the molecule is CCc1ccc2nc(C)cc(C(=O)NCCCn3ccnc3C)c2c1. The molecule has 5 nitrogen and oxygen atoms in total. The molecule has 0 aliphatic rings. The fourth-order valence-electron chi connectivity index (χ4n) is 3.00. The highest BCUT2D eigenvalue weighted by atomic mass is 16.1. The van der Waals surface area contributed by atoms with Crippen molar-refractivity contribution in [1.29, 1.82) is 0 Å². The highest BCUT2D eigenvalue weighted by Gasteiger charge is 2.12. The first kappa shape index (κ1) is 17.1. The lowest BCUT2D eigenvalue weighted by molar-refractivity contribution is 0.0954. The summed E-state index contributed by atoms with van der Waals surface area (Å²) >= 11 is 0. The number of aromatic nitrogens is 3. The molecule has 0 atom stereocenters. The first-order chi connectivity index (χ1) is 12.1. The molecule has 0 unspecified atom stereocenters. The van der Waals surface area contributed by atoms with Crippen LogP contribution in [0.1, 0.15) is 40.8 Å². The lowest BCUT2D eigenvalue weighted by Gasteiger charge is -2.11. The highest BCUT2D eigenvalue weighted by molar-refractivity contribution is 6.06. The van der Waals surface area contributed by atoms with E-state index in [0.717, 1.165) is 41.8 Å². The quantitative estimate of drug-likeness (QED) is 0.702. The van der Waals surface area contributed by atoms with Gasteiger partial charge in [0.15, 0.2) is 0 Å². The van der Waals surface area contributed by atoms with E-state index in [9.17, 15) is 4.79 Å². The number of nitrogens with one attached hydrogen (secondary N) is 1. The van der Waals surface area contributed by atoms with E-state index >= 15 is 0 Å². The molecule has 25 heavy (non-hydrogen) atoms. The minimum absolute atomic E-state index is 0.0360. The Morgan fingerprint density at radius 2 is 2.08 bits per heavy atom. The van der Waals surface area contributed by atoms with Crippen molar-refractivity contribution in [2.24, 2.45) is 0 Å². The van der Waals surface area contributed by atoms with Crippen molar-refractivity contribution >= 4 is 16.8 Å². The van der Waals surface area contributed by atoms with Crippen LogP contribution in [0.4, 0.5) is 0 Å². The molecule has 0 aliphatic carbocycles. The van der Waals surface area contributed by atoms with Crippen molar-refractivity contribution in [3.63, 3.8) is 0 Å². The largest absolute Gasteiger partial charge is 0.352 e. The number of pyridine rings is 1. The van der Waals surface area contributed by atoms with Gasteiger partial charge < -0.3 is 9.88 Å². The molecule has 1 aromatic carbocycles. The van der Waals surface area contributed by atoms with E-state index < -0.39 is 0 Å². The van der Waals surface area contributed by atoms with Crippen LogP contribution in [0.5, 0.6) is 0 Å². The molecular weight excluding hydrogens is 312 g/mol. The summed E-state index contributed by atoms with van der Waals surface area (Å²) < 4.78 is 2.09. The molecule has 1 amide bonds. The van der Waals surface area contributed by atoms with Crippen molar-refractivity contribution in [1.82, 2.24) is 19.9 Å². The van der Waals surface area contributed by atoms with Crippen LogP contribution < -0.4 is 5.32 Å². The number of nitrogens with zero attached hydrogens (tertiary/aromatic N) is 3. The van der Waals surface area contributed by atoms with Gasteiger partial charge >= 0.3 is 0 Å². The van der Waals surface area contributed by atoms with E-state index in [0.29, 0.717) is 12.1 Å². The second-order valence-corrected chi connectivity index (χ2v) is 6.29. The van der Waals surface area contributed by atoms with Gasteiger partial charge in [-0.1, -0.05) is 13.0 Å². The molecule has 1 N–H and O–H groups in total. The molecule has 0 aliphatic heterocycles. The van der Waals surface area contributed by atoms with E-state index in [-0.39, 0.29) is 5.91 Å². The van der Waals surface area contributed by atoms with Gasteiger partial charge in [-0.3, -0.25) is 9.78 Å². The lowest BCUT2D eigenvalue weighted by Crippen LogP contribution is -2.25. The van der Waals surface area contributed by atoms with Crippen LogP contribution in [0.2, 0.25) is 0 Å². The Balaban J connectivity index is 1.71. The van der Waals surface area contributed by atoms with Gasteiger partial charge in [0.25, 0.3) is 5.91 Å². The van der Waals surface area contributed by atoms with Gasteiger partial charge in [-0.05, 0) is 50.5 Å². The van der Waals surface area contributed by atoms with Crippen molar-refractivity contribution in [2.75, 3.05) is 6.54 Å². The Kier molecular flexibility index (Phi) is 5.12.